The molecule has 2 aromatic rings. The topological polar surface area (TPSA) is 47.0 Å². The number of ether oxygens (including phenoxy) is 1. The van der Waals surface area contributed by atoms with Crippen LogP contribution in [0.25, 0.3) is 0 Å². The summed E-state index contributed by atoms with van der Waals surface area (Å²) in [6.07, 6.45) is 3.99. The van der Waals surface area contributed by atoms with Gasteiger partial charge in [-0.1, -0.05) is 12.1 Å². The number of rotatable bonds is 7. The van der Waals surface area contributed by atoms with E-state index >= 15 is 0 Å². The van der Waals surface area contributed by atoms with Gasteiger partial charge in [0.2, 0.25) is 0 Å². The van der Waals surface area contributed by atoms with Crippen LogP contribution in [0.5, 0.6) is 5.75 Å². The van der Waals surface area contributed by atoms with E-state index in [1.54, 1.807) is 18.3 Å². The molecule has 0 amide bonds. The van der Waals surface area contributed by atoms with Crippen molar-refractivity contribution in [3.05, 3.63) is 53.9 Å². The van der Waals surface area contributed by atoms with Gasteiger partial charge >= 0.3 is 6.61 Å². The zero-order valence-corrected chi connectivity index (χ0v) is 12.0. The third-order valence-corrected chi connectivity index (χ3v) is 3.69. The van der Waals surface area contributed by atoms with E-state index in [9.17, 15) is 8.78 Å². The molecule has 0 spiro atoms. The molecule has 1 aromatic heterocycles. The molecule has 6 heteroatoms. The maximum Gasteiger partial charge on any atom is 0.387 e. The van der Waals surface area contributed by atoms with Crippen LogP contribution in [0.3, 0.4) is 0 Å². The van der Waals surface area contributed by atoms with E-state index in [1.165, 1.54) is 12.8 Å². The highest BCUT2D eigenvalue weighted by Crippen LogP contribution is 2.41. The van der Waals surface area contributed by atoms with Gasteiger partial charge in [0.15, 0.2) is 0 Å². The minimum atomic E-state index is -2.79. The summed E-state index contributed by atoms with van der Waals surface area (Å²) in [7, 11) is 0. The van der Waals surface area contributed by atoms with Crippen LogP contribution >= 0.6 is 0 Å². The normalized spacial score (nSPS) is 15.8. The molecule has 0 radical (unpaired) electrons. The first kappa shape index (κ1) is 14.8. The summed E-state index contributed by atoms with van der Waals surface area (Å²) in [5, 5.41) is 11.4. The van der Waals surface area contributed by atoms with Crippen LogP contribution in [-0.4, -0.2) is 16.8 Å². The van der Waals surface area contributed by atoms with E-state index in [-0.39, 0.29) is 11.8 Å². The van der Waals surface area contributed by atoms with Crippen molar-refractivity contribution >= 4 is 0 Å². The van der Waals surface area contributed by atoms with Crippen molar-refractivity contribution in [3.63, 3.8) is 0 Å². The summed E-state index contributed by atoms with van der Waals surface area (Å²) in [6, 6.07) is 10.8. The molecule has 3 rings (SSSR count). The second kappa shape index (κ2) is 6.79. The van der Waals surface area contributed by atoms with Gasteiger partial charge in [0.25, 0.3) is 0 Å². The maximum absolute atomic E-state index is 12.2. The third-order valence-electron chi connectivity index (χ3n) is 3.69. The quantitative estimate of drug-likeness (QED) is 0.852. The lowest BCUT2D eigenvalue weighted by atomic mass is 10.0. The molecule has 1 aliphatic carbocycles. The molecule has 1 fully saturated rings. The second-order valence-corrected chi connectivity index (χ2v) is 5.36. The molecule has 116 valence electrons. The third kappa shape index (κ3) is 3.98. The van der Waals surface area contributed by atoms with Gasteiger partial charge in [0, 0.05) is 18.8 Å². The summed E-state index contributed by atoms with van der Waals surface area (Å²) in [5.74, 6) is 0.765. The van der Waals surface area contributed by atoms with Crippen molar-refractivity contribution in [1.82, 2.24) is 15.5 Å². The first-order chi connectivity index (χ1) is 10.7. The van der Waals surface area contributed by atoms with Gasteiger partial charge in [-0.05, 0) is 48.6 Å². The van der Waals surface area contributed by atoms with E-state index < -0.39 is 6.61 Å². The number of alkyl halides is 2. The summed E-state index contributed by atoms with van der Waals surface area (Å²) < 4.78 is 28.7. The second-order valence-electron chi connectivity index (χ2n) is 5.36. The standard InChI is InChI=1S/C16H17F2N3O/c17-16(18)22-14-7-5-12(6-8-14)15(11-3-4-11)19-10-13-2-1-9-20-21-13/h1-2,5-9,11,15-16,19H,3-4,10H2. The molecule has 1 aromatic carbocycles. The highest BCUT2D eigenvalue weighted by molar-refractivity contribution is 5.30. The Hall–Kier alpha value is -2.08. The van der Waals surface area contributed by atoms with Gasteiger partial charge in [-0.3, -0.25) is 0 Å². The SMILES string of the molecule is FC(F)Oc1ccc(C(NCc2cccnn2)C2CC2)cc1. The van der Waals surface area contributed by atoms with E-state index in [0.29, 0.717) is 12.5 Å². The van der Waals surface area contributed by atoms with Crippen LogP contribution in [0.15, 0.2) is 42.6 Å². The van der Waals surface area contributed by atoms with Crippen LogP contribution in [0.2, 0.25) is 0 Å². The van der Waals surface area contributed by atoms with Crippen molar-refractivity contribution in [2.75, 3.05) is 0 Å². The minimum Gasteiger partial charge on any atom is -0.435 e. The molecule has 22 heavy (non-hydrogen) atoms. The van der Waals surface area contributed by atoms with Crippen molar-refractivity contribution in [1.29, 1.82) is 0 Å². The van der Waals surface area contributed by atoms with E-state index in [2.05, 4.69) is 20.3 Å². The number of nitrogens with one attached hydrogen (secondary N) is 1. The number of benzene rings is 1. The summed E-state index contributed by atoms with van der Waals surface area (Å²) in [5.41, 5.74) is 1.96. The van der Waals surface area contributed by atoms with E-state index in [0.717, 1.165) is 11.3 Å². The molecule has 1 heterocycles. The fourth-order valence-electron chi connectivity index (χ4n) is 2.49. The Morgan fingerprint density at radius 1 is 1.18 bits per heavy atom. The molecule has 0 saturated heterocycles. The largest absolute Gasteiger partial charge is 0.435 e. The summed E-state index contributed by atoms with van der Waals surface area (Å²) in [4.78, 5) is 0. The molecular weight excluding hydrogens is 288 g/mol. The van der Waals surface area contributed by atoms with Crippen molar-refractivity contribution < 1.29 is 13.5 Å². The maximum atomic E-state index is 12.2. The van der Waals surface area contributed by atoms with Crippen LogP contribution in [0, 0.1) is 5.92 Å². The highest BCUT2D eigenvalue weighted by atomic mass is 19.3. The van der Waals surface area contributed by atoms with Crippen LogP contribution in [-0.2, 0) is 6.54 Å². The van der Waals surface area contributed by atoms with Crippen molar-refractivity contribution in [2.24, 2.45) is 5.92 Å². The number of nitrogens with zero attached hydrogens (tertiary/aromatic N) is 2. The first-order valence-corrected chi connectivity index (χ1v) is 7.27. The lowest BCUT2D eigenvalue weighted by Gasteiger charge is -2.19. The van der Waals surface area contributed by atoms with Crippen LogP contribution < -0.4 is 10.1 Å². The first-order valence-electron chi connectivity index (χ1n) is 7.27. The summed E-state index contributed by atoms with van der Waals surface area (Å²) >= 11 is 0. The Morgan fingerprint density at radius 2 is 1.95 bits per heavy atom. The zero-order chi connectivity index (χ0) is 15.4. The molecule has 1 atom stereocenters. The Balaban J connectivity index is 1.66. The average molecular weight is 305 g/mol. The molecule has 1 aliphatic rings. The predicted octanol–water partition coefficient (Wildman–Crippen LogP) is 3.32. The van der Waals surface area contributed by atoms with Gasteiger partial charge in [-0.2, -0.15) is 19.0 Å². The van der Waals surface area contributed by atoms with Gasteiger partial charge < -0.3 is 10.1 Å². The van der Waals surface area contributed by atoms with Gasteiger partial charge in [-0.15, -0.1) is 0 Å². The highest BCUT2D eigenvalue weighted by Gasteiger charge is 2.32. The lowest BCUT2D eigenvalue weighted by molar-refractivity contribution is -0.0498. The number of aromatic nitrogens is 2. The molecule has 1 saturated carbocycles. The molecule has 0 aliphatic heterocycles. The Morgan fingerprint density at radius 3 is 2.55 bits per heavy atom. The van der Waals surface area contributed by atoms with Crippen LogP contribution in [0.1, 0.15) is 30.1 Å². The van der Waals surface area contributed by atoms with Gasteiger partial charge in [0.05, 0.1) is 5.69 Å². The van der Waals surface area contributed by atoms with Crippen molar-refractivity contribution in [2.45, 2.75) is 32.0 Å². The molecule has 1 N–H and O–H groups in total. The fraction of sp³-hybridized carbons (Fsp3) is 0.375. The van der Waals surface area contributed by atoms with E-state index in [1.807, 2.05) is 24.3 Å². The average Bonchev–Trinajstić information content (AvgIpc) is 3.34. The predicted molar refractivity (Wildman–Crippen MR) is 77.4 cm³/mol. The Bertz CT molecular complexity index is 588. The number of hydrogen-bond donors (Lipinski definition) is 1. The monoisotopic (exact) mass is 305 g/mol. The van der Waals surface area contributed by atoms with Gasteiger partial charge in [-0.25, -0.2) is 0 Å². The van der Waals surface area contributed by atoms with Crippen LogP contribution in [0.4, 0.5) is 8.78 Å². The molecule has 0 bridgehead atoms. The Labute approximate surface area is 127 Å². The molecule has 1 unspecified atom stereocenters. The summed E-state index contributed by atoms with van der Waals surface area (Å²) in [6.45, 7) is -2.16. The lowest BCUT2D eigenvalue weighted by Crippen LogP contribution is -2.23. The fourth-order valence-corrected chi connectivity index (χ4v) is 2.49. The smallest absolute Gasteiger partial charge is 0.387 e. The minimum absolute atomic E-state index is 0.183. The zero-order valence-electron chi connectivity index (χ0n) is 12.0. The van der Waals surface area contributed by atoms with E-state index in [4.69, 9.17) is 0 Å². The van der Waals surface area contributed by atoms with Crippen molar-refractivity contribution in [3.8, 4) is 5.75 Å². The number of hydrogen-bond acceptors (Lipinski definition) is 4. The Kier molecular flexibility index (Phi) is 4.58. The molecular formula is C16H17F2N3O. The van der Waals surface area contributed by atoms with Gasteiger partial charge in [0.1, 0.15) is 5.75 Å². The molecule has 4 nitrogen and oxygen atoms in total. The number of halogens is 2.